The van der Waals surface area contributed by atoms with Crippen molar-refractivity contribution in [2.75, 3.05) is 26.2 Å². The van der Waals surface area contributed by atoms with Crippen molar-refractivity contribution >= 4 is 12.0 Å². The van der Waals surface area contributed by atoms with Gasteiger partial charge in [0.25, 0.3) is 0 Å². The molecular formula is C12H21N3O3. The number of likely N-dealkylation sites (tertiary alicyclic amines) is 2. The molecule has 3 N–H and O–H groups in total. The Labute approximate surface area is 107 Å². The van der Waals surface area contributed by atoms with Gasteiger partial charge in [-0.25, -0.2) is 4.79 Å². The number of amides is 2. The number of carboxylic acid groups (broad SMARTS) is 1. The van der Waals surface area contributed by atoms with Crippen molar-refractivity contribution in [3.05, 3.63) is 0 Å². The maximum Gasteiger partial charge on any atom is 0.320 e. The molecule has 0 spiro atoms. The Morgan fingerprint density at radius 2 is 1.94 bits per heavy atom. The highest BCUT2D eigenvalue weighted by Crippen LogP contribution is 2.24. The predicted molar refractivity (Wildman–Crippen MR) is 66.0 cm³/mol. The average Bonchev–Trinajstić information content (AvgIpc) is 2.70. The van der Waals surface area contributed by atoms with E-state index in [9.17, 15) is 9.59 Å². The van der Waals surface area contributed by atoms with E-state index in [-0.39, 0.29) is 18.0 Å². The molecule has 2 saturated heterocycles. The predicted octanol–water partition coefficient (Wildman–Crippen LogP) is 0.182. The van der Waals surface area contributed by atoms with E-state index in [0.29, 0.717) is 19.6 Å². The van der Waals surface area contributed by atoms with Crippen molar-refractivity contribution in [2.24, 2.45) is 17.6 Å². The highest BCUT2D eigenvalue weighted by Gasteiger charge is 2.38. The van der Waals surface area contributed by atoms with E-state index in [0.717, 1.165) is 19.4 Å². The molecule has 2 aliphatic rings. The van der Waals surface area contributed by atoms with Gasteiger partial charge in [0.2, 0.25) is 0 Å². The fourth-order valence-corrected chi connectivity index (χ4v) is 2.83. The third kappa shape index (κ3) is 2.58. The minimum absolute atomic E-state index is 0.0184. The Bertz CT molecular complexity index is 347. The molecule has 0 bridgehead atoms. The number of hydrogen-bond acceptors (Lipinski definition) is 3. The highest BCUT2D eigenvalue weighted by molar-refractivity contribution is 5.78. The second kappa shape index (κ2) is 5.14. The van der Waals surface area contributed by atoms with Gasteiger partial charge in [-0.1, -0.05) is 6.92 Å². The van der Waals surface area contributed by atoms with Crippen molar-refractivity contribution in [3.63, 3.8) is 0 Å². The summed E-state index contributed by atoms with van der Waals surface area (Å²) in [4.78, 5) is 26.7. The van der Waals surface area contributed by atoms with Crippen molar-refractivity contribution < 1.29 is 14.7 Å². The van der Waals surface area contributed by atoms with Gasteiger partial charge in [-0.05, 0) is 18.8 Å². The zero-order chi connectivity index (χ0) is 13.3. The largest absolute Gasteiger partial charge is 0.481 e. The number of nitrogens with zero attached hydrogens (tertiary/aromatic N) is 2. The van der Waals surface area contributed by atoms with Crippen LogP contribution in [0.1, 0.15) is 19.8 Å². The first-order valence-corrected chi connectivity index (χ1v) is 6.51. The first-order chi connectivity index (χ1) is 8.49. The number of aliphatic carboxylic acids is 1. The van der Waals surface area contributed by atoms with E-state index >= 15 is 0 Å². The number of carboxylic acids is 1. The summed E-state index contributed by atoms with van der Waals surface area (Å²) in [6, 6.07) is -0.00116. The average molecular weight is 255 g/mol. The number of nitrogens with two attached hydrogens (primary N) is 1. The molecule has 2 rings (SSSR count). The molecule has 0 aromatic rings. The van der Waals surface area contributed by atoms with Crippen LogP contribution in [0, 0.1) is 11.8 Å². The van der Waals surface area contributed by atoms with Crippen LogP contribution < -0.4 is 5.73 Å². The molecule has 6 nitrogen and oxygen atoms in total. The summed E-state index contributed by atoms with van der Waals surface area (Å²) < 4.78 is 0. The molecule has 2 amide bonds. The zero-order valence-electron chi connectivity index (χ0n) is 10.7. The number of rotatable bonds is 1. The molecule has 3 unspecified atom stereocenters. The number of carbonyl (C=O) groups is 2. The molecule has 2 fully saturated rings. The molecule has 6 heteroatoms. The van der Waals surface area contributed by atoms with Crippen LogP contribution in [-0.4, -0.2) is 59.1 Å². The first-order valence-electron chi connectivity index (χ1n) is 6.51. The van der Waals surface area contributed by atoms with Gasteiger partial charge >= 0.3 is 12.0 Å². The van der Waals surface area contributed by atoms with Gasteiger partial charge < -0.3 is 20.6 Å². The van der Waals surface area contributed by atoms with Gasteiger partial charge in [-0.3, -0.25) is 4.79 Å². The summed E-state index contributed by atoms with van der Waals surface area (Å²) in [6.07, 6.45) is 1.89. The molecule has 3 atom stereocenters. The lowest BCUT2D eigenvalue weighted by molar-refractivity contribution is -0.142. The summed E-state index contributed by atoms with van der Waals surface area (Å²) in [5.74, 6) is -1.23. The van der Waals surface area contributed by atoms with Crippen molar-refractivity contribution in [2.45, 2.75) is 25.8 Å². The highest BCUT2D eigenvalue weighted by atomic mass is 16.4. The standard InChI is InChI=1S/C12H21N3O3/c1-8-5-15(7-10(8)11(16)17)12(18)14-4-2-3-9(13)6-14/h8-10H,2-7,13H2,1H3,(H,16,17). The summed E-state index contributed by atoms with van der Waals surface area (Å²) in [6.45, 7) is 4.05. The number of piperidine rings is 1. The SMILES string of the molecule is CC1CN(C(=O)N2CCCC(N)C2)CC1C(=O)O. The molecule has 0 aliphatic carbocycles. The monoisotopic (exact) mass is 255 g/mol. The van der Waals surface area contributed by atoms with Crippen molar-refractivity contribution in [1.29, 1.82) is 0 Å². The molecule has 18 heavy (non-hydrogen) atoms. The van der Waals surface area contributed by atoms with Crippen LogP contribution in [-0.2, 0) is 4.79 Å². The van der Waals surface area contributed by atoms with Crippen molar-refractivity contribution in [3.8, 4) is 0 Å². The van der Waals surface area contributed by atoms with Gasteiger partial charge in [0.05, 0.1) is 5.92 Å². The van der Waals surface area contributed by atoms with Gasteiger partial charge in [0.15, 0.2) is 0 Å². The fraction of sp³-hybridized carbons (Fsp3) is 0.833. The lowest BCUT2D eigenvalue weighted by Crippen LogP contribution is -2.50. The van der Waals surface area contributed by atoms with Crippen LogP contribution in [0.4, 0.5) is 4.79 Å². The number of urea groups is 1. The van der Waals surface area contributed by atoms with Crippen LogP contribution in [0.25, 0.3) is 0 Å². The minimum Gasteiger partial charge on any atom is -0.481 e. The maximum atomic E-state index is 12.3. The summed E-state index contributed by atoms with van der Waals surface area (Å²) in [7, 11) is 0. The summed E-state index contributed by atoms with van der Waals surface area (Å²) >= 11 is 0. The second-order valence-electron chi connectivity index (χ2n) is 5.46. The Kier molecular flexibility index (Phi) is 3.75. The number of carbonyl (C=O) groups excluding carboxylic acids is 1. The van der Waals surface area contributed by atoms with E-state index in [4.69, 9.17) is 10.8 Å². The molecule has 0 aromatic heterocycles. The van der Waals surface area contributed by atoms with Gasteiger partial charge in [-0.15, -0.1) is 0 Å². The lowest BCUT2D eigenvalue weighted by Gasteiger charge is -2.33. The lowest BCUT2D eigenvalue weighted by atomic mass is 9.99. The van der Waals surface area contributed by atoms with Crippen LogP contribution >= 0.6 is 0 Å². The maximum absolute atomic E-state index is 12.3. The van der Waals surface area contributed by atoms with Gasteiger partial charge in [0.1, 0.15) is 0 Å². The topological polar surface area (TPSA) is 86.9 Å². The quantitative estimate of drug-likeness (QED) is 0.700. The van der Waals surface area contributed by atoms with Crippen LogP contribution in [0.2, 0.25) is 0 Å². The molecule has 0 aromatic carbocycles. The van der Waals surface area contributed by atoms with E-state index in [1.54, 1.807) is 9.80 Å². The zero-order valence-corrected chi connectivity index (χ0v) is 10.7. The Morgan fingerprint density at radius 3 is 2.50 bits per heavy atom. The van der Waals surface area contributed by atoms with Crippen LogP contribution in [0.15, 0.2) is 0 Å². The number of hydrogen-bond donors (Lipinski definition) is 2. The van der Waals surface area contributed by atoms with E-state index in [1.807, 2.05) is 6.92 Å². The van der Waals surface area contributed by atoms with E-state index in [2.05, 4.69) is 0 Å². The minimum atomic E-state index is -0.812. The van der Waals surface area contributed by atoms with Gasteiger partial charge in [0, 0.05) is 32.2 Å². The van der Waals surface area contributed by atoms with Crippen LogP contribution in [0.3, 0.4) is 0 Å². The molecular weight excluding hydrogens is 234 g/mol. The molecule has 2 aliphatic heterocycles. The molecule has 0 saturated carbocycles. The second-order valence-corrected chi connectivity index (χ2v) is 5.46. The summed E-state index contributed by atoms with van der Waals surface area (Å²) in [5, 5.41) is 9.06. The molecule has 0 radical (unpaired) electrons. The Hall–Kier alpha value is -1.30. The Balaban J connectivity index is 1.96. The fourth-order valence-electron chi connectivity index (χ4n) is 2.83. The normalized spacial score (nSPS) is 32.7. The summed E-state index contributed by atoms with van der Waals surface area (Å²) in [5.41, 5.74) is 5.86. The van der Waals surface area contributed by atoms with E-state index in [1.165, 1.54) is 0 Å². The smallest absolute Gasteiger partial charge is 0.320 e. The van der Waals surface area contributed by atoms with Gasteiger partial charge in [-0.2, -0.15) is 0 Å². The molecule has 102 valence electrons. The molecule has 2 heterocycles. The van der Waals surface area contributed by atoms with E-state index < -0.39 is 11.9 Å². The van der Waals surface area contributed by atoms with Crippen LogP contribution in [0.5, 0.6) is 0 Å². The van der Waals surface area contributed by atoms with Crippen molar-refractivity contribution in [1.82, 2.24) is 9.80 Å². The first kappa shape index (κ1) is 13.1. The third-order valence-electron chi connectivity index (χ3n) is 3.93. The third-order valence-corrected chi connectivity index (χ3v) is 3.93. The Morgan fingerprint density at radius 1 is 1.22 bits per heavy atom.